The molecule has 0 saturated heterocycles. The molecular formula is C16H22O2. The van der Waals surface area contributed by atoms with Gasteiger partial charge in [-0.25, -0.2) is 4.79 Å². The predicted octanol–water partition coefficient (Wildman–Crippen LogP) is 3.91. The van der Waals surface area contributed by atoms with Crippen LogP contribution in [0.3, 0.4) is 0 Å². The molecular weight excluding hydrogens is 224 g/mol. The van der Waals surface area contributed by atoms with E-state index in [9.17, 15) is 4.79 Å². The van der Waals surface area contributed by atoms with Gasteiger partial charge in [-0.2, -0.15) is 0 Å². The number of rotatable bonds is 2. The molecule has 0 bridgehead atoms. The second kappa shape index (κ2) is 6.39. The average molecular weight is 246 g/mol. The Labute approximate surface area is 110 Å². The number of hydrogen-bond acceptors (Lipinski definition) is 2. The maximum atomic E-state index is 11.8. The lowest BCUT2D eigenvalue weighted by molar-refractivity contribution is -0.138. The standard InChI is InChI=1S/C14H16O2.C2H6/c1-4-16-14(15)13-8-12-9(2)6-5-7-11(12)10(13)3;1-2/h5-7H,4,8H2,1-3H3;1-2H3. The average Bonchev–Trinajstić information content (AvgIpc) is 2.72. The molecule has 0 aliphatic heterocycles. The zero-order chi connectivity index (χ0) is 13.7. The fourth-order valence-electron chi connectivity index (χ4n) is 2.20. The Kier molecular flexibility index (Phi) is 5.14. The van der Waals surface area contributed by atoms with Gasteiger partial charge in [-0.15, -0.1) is 0 Å². The van der Waals surface area contributed by atoms with E-state index in [4.69, 9.17) is 4.74 Å². The Balaban J connectivity index is 0.000000771. The van der Waals surface area contributed by atoms with Crippen molar-refractivity contribution < 1.29 is 9.53 Å². The molecule has 0 N–H and O–H groups in total. The predicted molar refractivity (Wildman–Crippen MR) is 75.5 cm³/mol. The lowest BCUT2D eigenvalue weighted by Crippen LogP contribution is -2.08. The van der Waals surface area contributed by atoms with Crippen molar-refractivity contribution >= 4 is 11.5 Å². The number of aryl methyl sites for hydroxylation is 1. The van der Waals surface area contributed by atoms with Crippen LogP contribution < -0.4 is 0 Å². The van der Waals surface area contributed by atoms with Crippen molar-refractivity contribution in [3.05, 3.63) is 40.5 Å². The summed E-state index contributed by atoms with van der Waals surface area (Å²) in [4.78, 5) is 11.8. The Morgan fingerprint density at radius 3 is 2.50 bits per heavy atom. The van der Waals surface area contributed by atoms with E-state index < -0.39 is 0 Å². The summed E-state index contributed by atoms with van der Waals surface area (Å²) in [6, 6.07) is 6.19. The molecule has 98 valence electrons. The first kappa shape index (κ1) is 14.5. The van der Waals surface area contributed by atoms with Crippen molar-refractivity contribution in [2.45, 2.75) is 41.0 Å². The van der Waals surface area contributed by atoms with Gasteiger partial charge in [-0.3, -0.25) is 0 Å². The minimum Gasteiger partial charge on any atom is -0.463 e. The van der Waals surface area contributed by atoms with Gasteiger partial charge < -0.3 is 4.74 Å². The first-order chi connectivity index (χ1) is 8.65. The van der Waals surface area contributed by atoms with E-state index in [0.29, 0.717) is 13.0 Å². The van der Waals surface area contributed by atoms with Gasteiger partial charge in [-0.1, -0.05) is 32.0 Å². The molecule has 0 aromatic heterocycles. The Morgan fingerprint density at radius 2 is 1.94 bits per heavy atom. The van der Waals surface area contributed by atoms with Crippen LogP contribution in [-0.2, 0) is 16.0 Å². The molecule has 1 aliphatic carbocycles. The van der Waals surface area contributed by atoms with Crippen LogP contribution in [0, 0.1) is 6.92 Å². The zero-order valence-corrected chi connectivity index (χ0v) is 12.0. The molecule has 0 spiro atoms. The highest BCUT2D eigenvalue weighted by Crippen LogP contribution is 2.34. The Hall–Kier alpha value is -1.57. The molecule has 0 atom stereocenters. The van der Waals surface area contributed by atoms with Gasteiger partial charge in [0.2, 0.25) is 0 Å². The maximum Gasteiger partial charge on any atom is 0.334 e. The number of ether oxygens (including phenoxy) is 1. The minimum absolute atomic E-state index is 0.171. The maximum absolute atomic E-state index is 11.8. The summed E-state index contributed by atoms with van der Waals surface area (Å²) in [5, 5.41) is 0. The van der Waals surface area contributed by atoms with Gasteiger partial charge in [0.1, 0.15) is 0 Å². The molecule has 2 nitrogen and oxygen atoms in total. The Morgan fingerprint density at radius 1 is 1.28 bits per heavy atom. The number of fused-ring (bicyclic) bond motifs is 1. The van der Waals surface area contributed by atoms with E-state index in [1.54, 1.807) is 0 Å². The third-order valence-electron chi connectivity index (χ3n) is 3.14. The topological polar surface area (TPSA) is 26.3 Å². The number of esters is 1. The number of carbonyl (C=O) groups excluding carboxylic acids is 1. The molecule has 1 aliphatic rings. The van der Waals surface area contributed by atoms with Crippen molar-refractivity contribution in [2.75, 3.05) is 6.61 Å². The minimum atomic E-state index is -0.171. The summed E-state index contributed by atoms with van der Waals surface area (Å²) >= 11 is 0. The SMILES string of the molecule is CC.CCOC(=O)C1=C(C)c2cccc(C)c2C1. The lowest BCUT2D eigenvalue weighted by atomic mass is 10.0. The van der Waals surface area contributed by atoms with Crippen LogP contribution in [0.2, 0.25) is 0 Å². The van der Waals surface area contributed by atoms with Crippen LogP contribution in [0.15, 0.2) is 23.8 Å². The molecule has 0 heterocycles. The normalized spacial score (nSPS) is 12.7. The monoisotopic (exact) mass is 246 g/mol. The highest BCUT2D eigenvalue weighted by molar-refractivity contribution is 6.00. The van der Waals surface area contributed by atoms with Crippen molar-refractivity contribution in [1.29, 1.82) is 0 Å². The van der Waals surface area contributed by atoms with E-state index in [1.165, 1.54) is 16.7 Å². The van der Waals surface area contributed by atoms with Gasteiger partial charge in [0.15, 0.2) is 0 Å². The van der Waals surface area contributed by atoms with E-state index >= 15 is 0 Å². The first-order valence-electron chi connectivity index (χ1n) is 6.61. The number of benzene rings is 1. The van der Waals surface area contributed by atoms with Crippen LogP contribution in [0.25, 0.3) is 5.57 Å². The lowest BCUT2D eigenvalue weighted by Gasteiger charge is -2.03. The molecule has 0 fully saturated rings. The van der Waals surface area contributed by atoms with Gasteiger partial charge in [0.05, 0.1) is 6.61 Å². The van der Waals surface area contributed by atoms with E-state index in [0.717, 1.165) is 11.1 Å². The van der Waals surface area contributed by atoms with Crippen LogP contribution >= 0.6 is 0 Å². The summed E-state index contributed by atoms with van der Waals surface area (Å²) in [6.45, 7) is 10.4. The summed E-state index contributed by atoms with van der Waals surface area (Å²) in [5.41, 5.74) is 5.59. The molecule has 0 radical (unpaired) electrons. The summed E-state index contributed by atoms with van der Waals surface area (Å²) in [5.74, 6) is -0.171. The fraction of sp³-hybridized carbons (Fsp3) is 0.438. The Bertz CT molecular complexity index is 470. The fourth-order valence-corrected chi connectivity index (χ4v) is 2.20. The summed E-state index contributed by atoms with van der Waals surface area (Å²) in [7, 11) is 0. The molecule has 1 aromatic rings. The largest absolute Gasteiger partial charge is 0.463 e. The smallest absolute Gasteiger partial charge is 0.334 e. The van der Waals surface area contributed by atoms with Crippen molar-refractivity contribution in [1.82, 2.24) is 0 Å². The van der Waals surface area contributed by atoms with Crippen LogP contribution in [0.4, 0.5) is 0 Å². The first-order valence-corrected chi connectivity index (χ1v) is 6.61. The van der Waals surface area contributed by atoms with Gasteiger partial charge in [0, 0.05) is 12.0 Å². The molecule has 0 saturated carbocycles. The van der Waals surface area contributed by atoms with Gasteiger partial charge in [0.25, 0.3) is 0 Å². The quantitative estimate of drug-likeness (QED) is 0.739. The van der Waals surface area contributed by atoms with Gasteiger partial charge >= 0.3 is 5.97 Å². The van der Waals surface area contributed by atoms with E-state index in [-0.39, 0.29) is 5.97 Å². The third kappa shape index (κ3) is 2.63. The van der Waals surface area contributed by atoms with Crippen LogP contribution in [0.5, 0.6) is 0 Å². The molecule has 1 aromatic carbocycles. The second-order valence-corrected chi connectivity index (χ2v) is 4.10. The molecule has 2 heteroatoms. The molecule has 2 rings (SSSR count). The van der Waals surface area contributed by atoms with E-state index in [2.05, 4.69) is 19.1 Å². The second-order valence-electron chi connectivity index (χ2n) is 4.10. The van der Waals surface area contributed by atoms with Gasteiger partial charge in [-0.05, 0) is 43.0 Å². The third-order valence-corrected chi connectivity index (χ3v) is 3.14. The van der Waals surface area contributed by atoms with Crippen LogP contribution in [-0.4, -0.2) is 12.6 Å². The molecule has 0 amide bonds. The van der Waals surface area contributed by atoms with E-state index in [1.807, 2.05) is 33.8 Å². The highest BCUT2D eigenvalue weighted by Gasteiger charge is 2.25. The highest BCUT2D eigenvalue weighted by atomic mass is 16.5. The van der Waals surface area contributed by atoms with Crippen molar-refractivity contribution in [2.24, 2.45) is 0 Å². The molecule has 18 heavy (non-hydrogen) atoms. The summed E-state index contributed by atoms with van der Waals surface area (Å²) in [6.07, 6.45) is 0.715. The molecule has 0 unspecified atom stereocenters. The number of hydrogen-bond donors (Lipinski definition) is 0. The number of carbonyl (C=O) groups is 1. The van der Waals surface area contributed by atoms with Crippen LogP contribution in [0.1, 0.15) is 44.4 Å². The summed E-state index contributed by atoms with van der Waals surface area (Å²) < 4.78 is 5.07. The van der Waals surface area contributed by atoms with Crippen molar-refractivity contribution in [3.63, 3.8) is 0 Å². The number of allylic oxidation sites excluding steroid dienone is 1. The zero-order valence-electron chi connectivity index (χ0n) is 12.0. The van der Waals surface area contributed by atoms with Crippen molar-refractivity contribution in [3.8, 4) is 0 Å².